The van der Waals surface area contributed by atoms with E-state index in [0.717, 1.165) is 11.8 Å². The van der Waals surface area contributed by atoms with Gasteiger partial charge in [0.1, 0.15) is 17.2 Å². The number of methoxy groups -OCH3 is 1. The van der Waals surface area contributed by atoms with E-state index in [0.29, 0.717) is 28.0 Å². The number of esters is 1. The lowest BCUT2D eigenvalue weighted by atomic mass is 10.2. The SMILES string of the molecule is COC(=O)C(C)(NC(=O)OC(C)(C)C)SCn1nnc(-c2ccc(Oc3ccc(Cl)cc3)nc2)n1. The molecule has 3 rings (SSSR count). The molecule has 0 spiro atoms. The second kappa shape index (κ2) is 10.9. The number of tetrazole rings is 1. The largest absolute Gasteiger partial charge is 0.467 e. The van der Waals surface area contributed by atoms with Gasteiger partial charge >= 0.3 is 12.1 Å². The molecule has 0 bridgehead atoms. The Morgan fingerprint density at radius 3 is 2.43 bits per heavy atom. The van der Waals surface area contributed by atoms with Crippen molar-refractivity contribution in [2.24, 2.45) is 0 Å². The van der Waals surface area contributed by atoms with E-state index in [-0.39, 0.29) is 5.88 Å². The molecule has 35 heavy (non-hydrogen) atoms. The maximum atomic E-state index is 12.4. The predicted octanol–water partition coefficient (Wildman–Crippen LogP) is 4.29. The van der Waals surface area contributed by atoms with Crippen LogP contribution >= 0.6 is 23.4 Å². The minimum Gasteiger partial charge on any atom is -0.467 e. The summed E-state index contributed by atoms with van der Waals surface area (Å²) in [6.45, 7) is 6.68. The van der Waals surface area contributed by atoms with Gasteiger partial charge in [0.05, 0.1) is 7.11 Å². The van der Waals surface area contributed by atoms with E-state index in [1.807, 2.05) is 0 Å². The highest BCUT2D eigenvalue weighted by Crippen LogP contribution is 2.27. The molecule has 0 saturated carbocycles. The summed E-state index contributed by atoms with van der Waals surface area (Å²) in [7, 11) is 1.23. The number of aromatic nitrogens is 5. The maximum absolute atomic E-state index is 12.4. The highest BCUT2D eigenvalue weighted by atomic mass is 35.5. The number of pyridine rings is 1. The van der Waals surface area contributed by atoms with Crippen LogP contribution in [0.5, 0.6) is 11.6 Å². The first-order valence-corrected chi connectivity index (χ1v) is 11.7. The van der Waals surface area contributed by atoms with Gasteiger partial charge in [0.25, 0.3) is 0 Å². The van der Waals surface area contributed by atoms with Crippen LogP contribution in [0.25, 0.3) is 11.4 Å². The number of rotatable bonds is 8. The van der Waals surface area contributed by atoms with E-state index in [9.17, 15) is 9.59 Å². The molecule has 1 unspecified atom stereocenters. The monoisotopic (exact) mass is 520 g/mol. The minimum atomic E-state index is -1.44. The number of amides is 1. The molecular formula is C22H25ClN6O5S. The summed E-state index contributed by atoms with van der Waals surface area (Å²) in [6.07, 6.45) is 0.805. The summed E-state index contributed by atoms with van der Waals surface area (Å²) in [6, 6.07) is 10.3. The number of alkyl carbamates (subject to hydrolysis) is 1. The summed E-state index contributed by atoms with van der Waals surface area (Å²) in [5.41, 5.74) is -0.107. The summed E-state index contributed by atoms with van der Waals surface area (Å²) < 4.78 is 15.8. The normalized spacial score (nSPS) is 13.0. The molecule has 3 aromatic rings. The topological polar surface area (TPSA) is 130 Å². The van der Waals surface area contributed by atoms with Gasteiger partial charge in [-0.2, -0.15) is 4.80 Å². The zero-order chi connectivity index (χ0) is 25.6. The number of carbonyl (C=O) groups is 2. The Labute approximate surface area is 211 Å². The second-order valence-electron chi connectivity index (χ2n) is 8.35. The van der Waals surface area contributed by atoms with Gasteiger partial charge < -0.3 is 14.2 Å². The lowest BCUT2D eigenvalue weighted by Crippen LogP contribution is -2.51. The fourth-order valence-corrected chi connectivity index (χ4v) is 3.60. The highest BCUT2D eigenvalue weighted by Gasteiger charge is 2.38. The molecule has 0 fully saturated rings. The minimum absolute atomic E-state index is 0.0968. The van der Waals surface area contributed by atoms with E-state index in [1.165, 1.54) is 18.8 Å². The molecule has 11 nitrogen and oxygen atoms in total. The molecule has 0 radical (unpaired) electrons. The van der Waals surface area contributed by atoms with E-state index in [1.54, 1.807) is 63.4 Å². The summed E-state index contributed by atoms with van der Waals surface area (Å²) in [5.74, 6) is 0.759. The molecule has 186 valence electrons. The molecule has 2 heterocycles. The van der Waals surface area contributed by atoms with Crippen LogP contribution in [-0.4, -0.2) is 54.8 Å². The summed E-state index contributed by atoms with van der Waals surface area (Å²) in [4.78, 5) is 28.7. The van der Waals surface area contributed by atoms with Gasteiger partial charge in [-0.3, -0.25) is 5.32 Å². The Morgan fingerprint density at radius 2 is 1.83 bits per heavy atom. The van der Waals surface area contributed by atoms with Crippen LogP contribution in [0, 0.1) is 0 Å². The molecule has 0 aliphatic heterocycles. The number of hydrogen-bond acceptors (Lipinski definition) is 10. The van der Waals surface area contributed by atoms with Crippen molar-refractivity contribution < 1.29 is 23.8 Å². The lowest BCUT2D eigenvalue weighted by molar-refractivity contribution is -0.144. The molecule has 0 aliphatic rings. The molecule has 13 heteroatoms. The third-order valence-corrected chi connectivity index (χ3v) is 5.72. The fraction of sp³-hybridized carbons (Fsp3) is 0.364. The molecule has 1 N–H and O–H groups in total. The van der Waals surface area contributed by atoms with Crippen molar-refractivity contribution in [2.75, 3.05) is 7.11 Å². The molecule has 1 aromatic carbocycles. The lowest BCUT2D eigenvalue weighted by Gasteiger charge is -2.28. The molecular weight excluding hydrogens is 496 g/mol. The third kappa shape index (κ3) is 7.55. The number of nitrogens with one attached hydrogen (secondary N) is 1. The maximum Gasteiger partial charge on any atom is 0.409 e. The van der Waals surface area contributed by atoms with Crippen molar-refractivity contribution in [3.63, 3.8) is 0 Å². The van der Waals surface area contributed by atoms with Crippen LogP contribution in [0.4, 0.5) is 4.79 Å². The molecule has 2 aromatic heterocycles. The van der Waals surface area contributed by atoms with Gasteiger partial charge in [-0.05, 0) is 63.2 Å². The average Bonchev–Trinajstić information content (AvgIpc) is 3.27. The van der Waals surface area contributed by atoms with Crippen LogP contribution in [0.1, 0.15) is 27.7 Å². The first-order valence-electron chi connectivity index (χ1n) is 10.4. The Balaban J connectivity index is 1.64. The Kier molecular flexibility index (Phi) is 8.18. The molecule has 0 saturated heterocycles. The molecule has 1 amide bonds. The van der Waals surface area contributed by atoms with Gasteiger partial charge in [0.2, 0.25) is 11.7 Å². The number of ether oxygens (including phenoxy) is 3. The van der Waals surface area contributed by atoms with Gasteiger partial charge in [0, 0.05) is 22.8 Å². The van der Waals surface area contributed by atoms with Crippen molar-refractivity contribution in [1.82, 2.24) is 30.5 Å². The standard InChI is InChI=1S/C22H25ClN6O5S/c1-21(2,3)34-20(31)25-22(4,19(30)32-5)35-13-29-27-18(26-28-29)14-6-11-17(24-12-14)33-16-9-7-15(23)8-10-16/h6-12H,13H2,1-5H3,(H,25,31). The number of thioether (sulfide) groups is 1. The molecule has 1 atom stereocenters. The van der Waals surface area contributed by atoms with Gasteiger partial charge in [-0.25, -0.2) is 14.6 Å². The van der Waals surface area contributed by atoms with Crippen LogP contribution in [-0.2, 0) is 20.1 Å². The number of benzene rings is 1. The van der Waals surface area contributed by atoms with Crippen molar-refractivity contribution in [2.45, 2.75) is 44.0 Å². The fourth-order valence-electron chi connectivity index (χ4n) is 2.64. The first kappa shape index (κ1) is 26.2. The number of hydrogen-bond donors (Lipinski definition) is 1. The third-order valence-electron chi connectivity index (χ3n) is 4.27. The predicted molar refractivity (Wildman–Crippen MR) is 130 cm³/mol. The van der Waals surface area contributed by atoms with Crippen LogP contribution in [0.3, 0.4) is 0 Å². The quantitative estimate of drug-likeness (QED) is 0.339. The van der Waals surface area contributed by atoms with Crippen molar-refractivity contribution in [3.8, 4) is 23.0 Å². The zero-order valence-electron chi connectivity index (χ0n) is 19.8. The number of carbonyl (C=O) groups excluding carboxylic acids is 2. The van der Waals surface area contributed by atoms with Crippen molar-refractivity contribution in [1.29, 1.82) is 0 Å². The number of nitrogens with zero attached hydrogens (tertiary/aromatic N) is 5. The van der Waals surface area contributed by atoms with Gasteiger partial charge in [-0.15, -0.1) is 10.2 Å². The van der Waals surface area contributed by atoms with Crippen molar-refractivity contribution >= 4 is 35.4 Å². The Morgan fingerprint density at radius 1 is 1.11 bits per heavy atom. The second-order valence-corrected chi connectivity index (χ2v) is 10.2. The summed E-state index contributed by atoms with van der Waals surface area (Å²) in [5, 5.41) is 15.5. The van der Waals surface area contributed by atoms with Crippen molar-refractivity contribution in [3.05, 3.63) is 47.6 Å². The van der Waals surface area contributed by atoms with E-state index in [4.69, 9.17) is 25.8 Å². The Hall–Kier alpha value is -3.38. The first-order chi connectivity index (χ1) is 16.5. The van der Waals surface area contributed by atoms with E-state index in [2.05, 4.69) is 25.7 Å². The molecule has 0 aliphatic carbocycles. The van der Waals surface area contributed by atoms with E-state index < -0.39 is 22.5 Å². The highest BCUT2D eigenvalue weighted by molar-refractivity contribution is 8.00. The smallest absolute Gasteiger partial charge is 0.409 e. The Bertz CT molecular complexity index is 1170. The average molecular weight is 521 g/mol. The van der Waals surface area contributed by atoms with Crippen LogP contribution < -0.4 is 10.1 Å². The van der Waals surface area contributed by atoms with E-state index >= 15 is 0 Å². The van der Waals surface area contributed by atoms with Gasteiger partial charge in [0.15, 0.2) is 4.87 Å². The van der Waals surface area contributed by atoms with Crippen LogP contribution in [0.2, 0.25) is 5.02 Å². The number of halogens is 1. The van der Waals surface area contributed by atoms with Gasteiger partial charge in [-0.1, -0.05) is 23.4 Å². The van der Waals surface area contributed by atoms with Crippen LogP contribution in [0.15, 0.2) is 42.6 Å². The summed E-state index contributed by atoms with van der Waals surface area (Å²) >= 11 is 6.92. The zero-order valence-corrected chi connectivity index (χ0v) is 21.4.